The van der Waals surface area contributed by atoms with Crippen LogP contribution in [0.25, 0.3) is 0 Å². The number of hydrogen-bond donors (Lipinski definition) is 2. The summed E-state index contributed by atoms with van der Waals surface area (Å²) in [6.45, 7) is 0. The van der Waals surface area contributed by atoms with Crippen molar-refractivity contribution in [2.45, 2.75) is 4.90 Å². The molecule has 0 saturated carbocycles. The minimum absolute atomic E-state index is 0.0457. The predicted molar refractivity (Wildman–Crippen MR) is 105 cm³/mol. The summed E-state index contributed by atoms with van der Waals surface area (Å²) in [7, 11) is -4.10. The monoisotopic (exact) mass is 417 g/mol. The van der Waals surface area contributed by atoms with Crippen LogP contribution in [0.1, 0.15) is 0 Å². The van der Waals surface area contributed by atoms with Gasteiger partial charge in [0.15, 0.2) is 17.2 Å². The summed E-state index contributed by atoms with van der Waals surface area (Å²) in [6.07, 6.45) is 0. The third-order valence-corrected chi connectivity index (χ3v) is 5.64. The Balaban J connectivity index is 1.78. The van der Waals surface area contributed by atoms with Crippen LogP contribution in [-0.4, -0.2) is 13.3 Å². The molecular formula is C18H12ClN3O5S. The zero-order valence-corrected chi connectivity index (χ0v) is 15.6. The van der Waals surface area contributed by atoms with E-state index >= 15 is 0 Å². The Morgan fingerprint density at radius 1 is 1.04 bits per heavy atom. The van der Waals surface area contributed by atoms with Gasteiger partial charge in [-0.2, -0.15) is 0 Å². The largest absolute Gasteiger partial charge is 0.453 e. The fourth-order valence-electron chi connectivity index (χ4n) is 2.73. The minimum atomic E-state index is -4.10. The van der Waals surface area contributed by atoms with E-state index in [9.17, 15) is 18.5 Å². The number of anilines is 3. The number of sulfonamides is 1. The van der Waals surface area contributed by atoms with E-state index in [0.717, 1.165) is 6.07 Å². The Kier molecular flexibility index (Phi) is 4.33. The van der Waals surface area contributed by atoms with Crippen LogP contribution in [0.3, 0.4) is 0 Å². The average molecular weight is 418 g/mol. The van der Waals surface area contributed by atoms with Crippen molar-refractivity contribution >= 4 is 44.4 Å². The van der Waals surface area contributed by atoms with E-state index in [1.807, 2.05) is 0 Å². The molecule has 0 spiro atoms. The normalized spacial score (nSPS) is 12.2. The first kappa shape index (κ1) is 18.1. The number of para-hydroxylation sites is 2. The summed E-state index contributed by atoms with van der Waals surface area (Å²) in [5.74, 6) is 0.480. The van der Waals surface area contributed by atoms with E-state index in [1.54, 1.807) is 24.3 Å². The number of nitro groups is 1. The third kappa shape index (κ3) is 3.32. The van der Waals surface area contributed by atoms with Gasteiger partial charge in [0.1, 0.15) is 0 Å². The second-order valence-corrected chi connectivity index (χ2v) is 8.03. The zero-order chi connectivity index (χ0) is 19.9. The molecule has 3 aromatic rings. The SMILES string of the molecule is O=[N+]([O-])c1cc(S(=O)(=O)Nc2ccc(Cl)cc2)cc2c1Nc1ccccc1O2. The van der Waals surface area contributed by atoms with Gasteiger partial charge in [-0.1, -0.05) is 23.7 Å². The molecule has 1 heterocycles. The van der Waals surface area contributed by atoms with Crippen LogP contribution in [0.2, 0.25) is 5.02 Å². The van der Waals surface area contributed by atoms with Crippen molar-refractivity contribution in [3.63, 3.8) is 0 Å². The van der Waals surface area contributed by atoms with E-state index in [2.05, 4.69) is 10.0 Å². The first-order chi connectivity index (χ1) is 13.3. The number of nitro benzene ring substituents is 1. The summed E-state index contributed by atoms with van der Waals surface area (Å²) in [5.41, 5.74) is 0.500. The zero-order valence-electron chi connectivity index (χ0n) is 14.0. The van der Waals surface area contributed by atoms with Gasteiger partial charge in [0, 0.05) is 22.8 Å². The van der Waals surface area contributed by atoms with E-state index in [0.29, 0.717) is 16.5 Å². The van der Waals surface area contributed by atoms with Gasteiger partial charge in [0.05, 0.1) is 15.5 Å². The van der Waals surface area contributed by atoms with Crippen molar-refractivity contribution in [2.24, 2.45) is 0 Å². The van der Waals surface area contributed by atoms with Crippen LogP contribution in [0, 0.1) is 10.1 Å². The number of ether oxygens (including phenoxy) is 1. The second-order valence-electron chi connectivity index (χ2n) is 5.91. The molecular weight excluding hydrogens is 406 g/mol. The molecule has 1 aliphatic rings. The van der Waals surface area contributed by atoms with Crippen molar-refractivity contribution in [3.8, 4) is 11.5 Å². The quantitative estimate of drug-likeness (QED) is 0.361. The summed E-state index contributed by atoms with van der Waals surface area (Å²) < 4.78 is 33.6. The Bertz CT molecular complexity index is 1200. The number of hydrogen-bond acceptors (Lipinski definition) is 6. The van der Waals surface area contributed by atoms with Gasteiger partial charge >= 0.3 is 0 Å². The maximum Gasteiger partial charge on any atom is 0.297 e. The average Bonchev–Trinajstić information content (AvgIpc) is 2.67. The van der Waals surface area contributed by atoms with Crippen LogP contribution in [0.4, 0.5) is 22.7 Å². The van der Waals surface area contributed by atoms with Crippen molar-refractivity contribution in [3.05, 3.63) is 75.8 Å². The Hall–Kier alpha value is -3.30. The van der Waals surface area contributed by atoms with Crippen molar-refractivity contribution < 1.29 is 18.1 Å². The third-order valence-electron chi connectivity index (χ3n) is 4.02. The number of nitrogens with one attached hydrogen (secondary N) is 2. The molecule has 0 amide bonds. The van der Waals surface area contributed by atoms with Crippen LogP contribution >= 0.6 is 11.6 Å². The lowest BCUT2D eigenvalue weighted by Gasteiger charge is -2.22. The van der Waals surface area contributed by atoms with Crippen molar-refractivity contribution in [1.82, 2.24) is 0 Å². The van der Waals surface area contributed by atoms with Gasteiger partial charge in [-0.15, -0.1) is 0 Å². The number of rotatable bonds is 4. The summed E-state index contributed by atoms with van der Waals surface area (Å²) >= 11 is 5.80. The van der Waals surface area contributed by atoms with E-state index in [1.165, 1.54) is 30.3 Å². The molecule has 4 rings (SSSR count). The van der Waals surface area contributed by atoms with Gasteiger partial charge in [-0.25, -0.2) is 8.42 Å². The molecule has 10 heteroatoms. The molecule has 0 aromatic heterocycles. The highest BCUT2D eigenvalue weighted by Crippen LogP contribution is 2.47. The highest BCUT2D eigenvalue weighted by atomic mass is 35.5. The van der Waals surface area contributed by atoms with Crippen LogP contribution < -0.4 is 14.8 Å². The molecule has 0 atom stereocenters. The molecule has 142 valence electrons. The first-order valence-electron chi connectivity index (χ1n) is 7.98. The lowest BCUT2D eigenvalue weighted by molar-refractivity contribution is -0.384. The molecule has 0 radical (unpaired) electrons. The van der Waals surface area contributed by atoms with Crippen LogP contribution in [-0.2, 0) is 10.0 Å². The maximum atomic E-state index is 12.8. The standard InChI is InChI=1S/C18H12ClN3O5S/c19-11-5-7-12(8-6-11)21-28(25,26)13-9-15(22(23)24)18-17(10-13)27-16-4-2-1-3-14(16)20-18/h1-10,20-21H. The maximum absolute atomic E-state index is 12.8. The number of halogens is 1. The number of benzene rings is 3. The van der Waals surface area contributed by atoms with Gasteiger partial charge in [0.25, 0.3) is 15.7 Å². The summed E-state index contributed by atoms with van der Waals surface area (Å²) in [6, 6.07) is 15.1. The fraction of sp³-hybridized carbons (Fsp3) is 0. The lowest BCUT2D eigenvalue weighted by atomic mass is 10.2. The smallest absolute Gasteiger partial charge is 0.297 e. The topological polar surface area (TPSA) is 111 Å². The number of fused-ring (bicyclic) bond motifs is 2. The molecule has 8 nitrogen and oxygen atoms in total. The van der Waals surface area contributed by atoms with Crippen molar-refractivity contribution in [1.29, 1.82) is 0 Å². The molecule has 0 aliphatic carbocycles. The summed E-state index contributed by atoms with van der Waals surface area (Å²) in [4.78, 5) is 10.6. The minimum Gasteiger partial charge on any atom is -0.453 e. The van der Waals surface area contributed by atoms with Gasteiger partial charge in [-0.05, 0) is 36.4 Å². The van der Waals surface area contributed by atoms with Gasteiger partial charge < -0.3 is 10.1 Å². The Morgan fingerprint density at radius 3 is 2.46 bits per heavy atom. The molecule has 28 heavy (non-hydrogen) atoms. The van der Waals surface area contributed by atoms with E-state index in [-0.39, 0.29) is 22.0 Å². The number of nitrogens with zero attached hydrogens (tertiary/aromatic N) is 1. The van der Waals surface area contributed by atoms with Crippen LogP contribution in [0.5, 0.6) is 11.5 Å². The highest BCUT2D eigenvalue weighted by molar-refractivity contribution is 7.92. The fourth-order valence-corrected chi connectivity index (χ4v) is 3.94. The molecule has 0 unspecified atom stereocenters. The highest BCUT2D eigenvalue weighted by Gasteiger charge is 2.29. The Morgan fingerprint density at radius 2 is 1.75 bits per heavy atom. The predicted octanol–water partition coefficient (Wildman–Crippen LogP) is 4.90. The lowest BCUT2D eigenvalue weighted by Crippen LogP contribution is -2.14. The molecule has 3 aromatic carbocycles. The summed E-state index contributed by atoms with van der Waals surface area (Å²) in [5, 5.41) is 14.9. The van der Waals surface area contributed by atoms with Gasteiger partial charge in [0.2, 0.25) is 0 Å². The molecule has 2 N–H and O–H groups in total. The molecule has 0 saturated heterocycles. The first-order valence-corrected chi connectivity index (χ1v) is 9.84. The van der Waals surface area contributed by atoms with E-state index in [4.69, 9.17) is 16.3 Å². The van der Waals surface area contributed by atoms with E-state index < -0.39 is 20.6 Å². The Labute approximate surface area is 164 Å². The van der Waals surface area contributed by atoms with Crippen LogP contribution in [0.15, 0.2) is 65.6 Å². The molecule has 1 aliphatic heterocycles. The molecule has 0 fully saturated rings. The van der Waals surface area contributed by atoms with Crippen molar-refractivity contribution in [2.75, 3.05) is 10.0 Å². The second kappa shape index (κ2) is 6.70. The van der Waals surface area contributed by atoms with Gasteiger partial charge in [-0.3, -0.25) is 14.8 Å². The molecule has 0 bridgehead atoms.